The first-order chi connectivity index (χ1) is 27.6. The van der Waals surface area contributed by atoms with Crippen LogP contribution in [0.15, 0.2) is 67.1 Å². The van der Waals surface area contributed by atoms with E-state index in [0.29, 0.717) is 54.1 Å². The van der Waals surface area contributed by atoms with E-state index in [1.807, 2.05) is 18.2 Å². The van der Waals surface area contributed by atoms with E-state index in [2.05, 4.69) is 62.6 Å². The lowest BCUT2D eigenvalue weighted by molar-refractivity contribution is -0.136. The highest BCUT2D eigenvalue weighted by Gasteiger charge is 2.39. The van der Waals surface area contributed by atoms with Crippen molar-refractivity contribution < 1.29 is 28.7 Å². The summed E-state index contributed by atoms with van der Waals surface area (Å²) in [5.74, 6) is 5.54. The van der Waals surface area contributed by atoms with Crippen molar-refractivity contribution in [3.05, 3.63) is 101 Å². The van der Waals surface area contributed by atoms with E-state index in [4.69, 9.17) is 9.72 Å². The summed E-state index contributed by atoms with van der Waals surface area (Å²) in [5, 5.41) is 8.76. The van der Waals surface area contributed by atoms with Gasteiger partial charge in [-0.2, -0.15) is 0 Å². The molecule has 0 spiro atoms. The van der Waals surface area contributed by atoms with E-state index < -0.39 is 11.9 Å². The van der Waals surface area contributed by atoms with Gasteiger partial charge in [0, 0.05) is 84.7 Å². The minimum absolute atomic E-state index is 0.154. The second-order valence-corrected chi connectivity index (χ2v) is 14.4. The lowest BCUT2D eigenvalue weighted by atomic mass is 9.97. The first kappa shape index (κ1) is 36.9. The zero-order valence-corrected chi connectivity index (χ0v) is 31.7. The Morgan fingerprint density at radius 3 is 2.68 bits per heavy atom. The highest BCUT2D eigenvalue weighted by Crippen LogP contribution is 2.41. The molecule has 2 aromatic carbocycles. The van der Waals surface area contributed by atoms with E-state index >= 15 is 0 Å². The van der Waals surface area contributed by atoms with Gasteiger partial charge in [-0.1, -0.05) is 31.8 Å². The number of carbonyl (C=O) groups is 5. The first-order valence-corrected chi connectivity index (χ1v) is 18.9. The number of fused-ring (bicyclic) bond motifs is 3. The number of hydrogen-bond acceptors (Lipinski definition) is 9. The molecule has 1 fully saturated rings. The van der Waals surface area contributed by atoms with Crippen molar-refractivity contribution in [3.63, 3.8) is 0 Å². The molecule has 1 unspecified atom stereocenters. The van der Waals surface area contributed by atoms with Crippen molar-refractivity contribution in [3.8, 4) is 28.8 Å². The molecule has 5 amide bonds. The molecule has 0 bridgehead atoms. The standard InChI is InChI=1S/C43H40N8O6/c1-24(2)29-17-27(18-30-31(40(53)44-3)21-48-39(29)30)50-15-16-57-37-19-34(47-22-36(37)50)26-10-11-33(46-20-26)41(54)45-14-5-4-7-25-8-6-9-28-32(25)23-51(43(28)56)35-12-13-38(52)49-42(35)55/h6,8-11,17-22,24,35,48H,5,12-16,23H2,1-3H3,(H,44,53)(H,45,54)(H,49,52,55). The Hall–Kier alpha value is -7.01. The van der Waals surface area contributed by atoms with Gasteiger partial charge in [-0.3, -0.25) is 39.3 Å². The van der Waals surface area contributed by atoms with E-state index in [1.165, 1.54) is 4.90 Å². The number of hydrogen-bond donors (Lipinski definition) is 4. The number of piperidine rings is 1. The van der Waals surface area contributed by atoms with Crippen LogP contribution in [0.2, 0.25) is 0 Å². The van der Waals surface area contributed by atoms with Crippen LogP contribution in [0.5, 0.6) is 5.75 Å². The van der Waals surface area contributed by atoms with Crippen LogP contribution in [0.3, 0.4) is 0 Å². The number of aromatic nitrogens is 3. The molecule has 0 aliphatic carbocycles. The number of rotatable bonds is 8. The lowest BCUT2D eigenvalue weighted by Crippen LogP contribution is -2.52. The highest BCUT2D eigenvalue weighted by atomic mass is 16.5. The topological polar surface area (TPSA) is 179 Å². The third-order valence-electron chi connectivity index (χ3n) is 10.6. The molecule has 14 heteroatoms. The summed E-state index contributed by atoms with van der Waals surface area (Å²) in [6, 6.07) is 14.1. The fourth-order valence-corrected chi connectivity index (χ4v) is 7.59. The van der Waals surface area contributed by atoms with Crippen LogP contribution >= 0.6 is 0 Å². The Labute approximate surface area is 328 Å². The number of ether oxygens (including phenoxy) is 1. The van der Waals surface area contributed by atoms with E-state index in [1.54, 1.807) is 49.9 Å². The van der Waals surface area contributed by atoms with Crippen LogP contribution in [-0.4, -0.2) is 82.2 Å². The second-order valence-electron chi connectivity index (χ2n) is 14.4. The molecule has 1 atom stereocenters. The van der Waals surface area contributed by atoms with E-state index in [-0.39, 0.29) is 54.8 Å². The van der Waals surface area contributed by atoms with Gasteiger partial charge in [0.15, 0.2) is 0 Å². The average molecular weight is 765 g/mol. The van der Waals surface area contributed by atoms with Crippen molar-refractivity contribution in [2.75, 3.05) is 31.6 Å². The van der Waals surface area contributed by atoms with Crippen LogP contribution in [-0.2, 0) is 16.1 Å². The van der Waals surface area contributed by atoms with Crippen molar-refractivity contribution in [2.24, 2.45) is 0 Å². The summed E-state index contributed by atoms with van der Waals surface area (Å²) in [6.07, 6.45) is 5.98. The van der Waals surface area contributed by atoms with Gasteiger partial charge in [-0.05, 0) is 59.9 Å². The number of nitrogens with zero attached hydrogens (tertiary/aromatic N) is 4. The molecule has 3 aliphatic heterocycles. The quantitative estimate of drug-likeness (QED) is 0.100. The third kappa shape index (κ3) is 7.04. The SMILES string of the molecule is CNC(=O)c1c[nH]c2c(C(C)C)cc(N3CCOc4cc(-c5ccc(C(=O)NCCC#Cc6cccc7c6CN(C6CCC(=O)NC6=O)C7=O)nc5)ncc43)cc12. The minimum atomic E-state index is -0.695. The Morgan fingerprint density at radius 1 is 1.05 bits per heavy atom. The number of H-pyrrole nitrogens is 1. The maximum Gasteiger partial charge on any atom is 0.269 e. The number of anilines is 2. The molecule has 3 aliphatic rings. The van der Waals surface area contributed by atoms with Gasteiger partial charge in [0.2, 0.25) is 11.8 Å². The van der Waals surface area contributed by atoms with Crippen LogP contribution < -0.4 is 25.6 Å². The van der Waals surface area contributed by atoms with Crippen LogP contribution in [0, 0.1) is 11.8 Å². The summed E-state index contributed by atoms with van der Waals surface area (Å²) >= 11 is 0. The molecule has 57 heavy (non-hydrogen) atoms. The highest BCUT2D eigenvalue weighted by molar-refractivity contribution is 6.09. The van der Waals surface area contributed by atoms with Gasteiger partial charge in [0.25, 0.3) is 17.7 Å². The third-order valence-corrected chi connectivity index (χ3v) is 10.6. The normalized spacial score (nSPS) is 16.1. The number of aromatic amines is 1. The summed E-state index contributed by atoms with van der Waals surface area (Å²) in [6.45, 7) is 5.85. The maximum atomic E-state index is 13.1. The van der Waals surface area contributed by atoms with Gasteiger partial charge in [-0.15, -0.1) is 0 Å². The molecule has 4 N–H and O–H groups in total. The molecule has 6 heterocycles. The largest absolute Gasteiger partial charge is 0.489 e. The smallest absolute Gasteiger partial charge is 0.269 e. The molecular formula is C43H40N8O6. The van der Waals surface area contributed by atoms with Crippen LogP contribution in [0.25, 0.3) is 22.2 Å². The predicted molar refractivity (Wildman–Crippen MR) is 212 cm³/mol. The molecule has 14 nitrogen and oxygen atoms in total. The number of imide groups is 1. The predicted octanol–water partition coefficient (Wildman–Crippen LogP) is 4.57. The summed E-state index contributed by atoms with van der Waals surface area (Å²) in [4.78, 5) is 78.8. The number of amides is 5. The number of carbonyl (C=O) groups excluding carboxylic acids is 5. The average Bonchev–Trinajstić information content (AvgIpc) is 3.80. The van der Waals surface area contributed by atoms with Crippen molar-refractivity contribution in [2.45, 2.75) is 51.6 Å². The Bertz CT molecular complexity index is 2530. The molecule has 8 rings (SSSR count). The van der Waals surface area contributed by atoms with Crippen LogP contribution in [0.1, 0.15) is 86.9 Å². The maximum absolute atomic E-state index is 13.1. The number of nitrogens with one attached hydrogen (secondary N) is 4. The zero-order chi connectivity index (χ0) is 39.8. The van der Waals surface area contributed by atoms with Gasteiger partial charge < -0.3 is 30.2 Å². The van der Waals surface area contributed by atoms with Gasteiger partial charge in [0.1, 0.15) is 29.8 Å². The minimum Gasteiger partial charge on any atom is -0.489 e. The Balaban J connectivity index is 0.908. The summed E-state index contributed by atoms with van der Waals surface area (Å²) < 4.78 is 6.10. The first-order valence-electron chi connectivity index (χ1n) is 18.9. The molecule has 1 saturated heterocycles. The summed E-state index contributed by atoms with van der Waals surface area (Å²) in [5.41, 5.74) is 7.93. The van der Waals surface area contributed by atoms with Gasteiger partial charge >= 0.3 is 0 Å². The molecular weight excluding hydrogens is 725 g/mol. The molecule has 288 valence electrons. The summed E-state index contributed by atoms with van der Waals surface area (Å²) in [7, 11) is 1.62. The van der Waals surface area contributed by atoms with Crippen molar-refractivity contribution >= 4 is 51.8 Å². The fraction of sp³-hybridized carbons (Fsp3) is 0.279. The van der Waals surface area contributed by atoms with Crippen molar-refractivity contribution in [1.29, 1.82) is 0 Å². The fourth-order valence-electron chi connectivity index (χ4n) is 7.59. The molecule has 0 radical (unpaired) electrons. The Morgan fingerprint density at radius 2 is 1.91 bits per heavy atom. The second kappa shape index (κ2) is 15.3. The lowest BCUT2D eigenvalue weighted by Gasteiger charge is -2.32. The monoisotopic (exact) mass is 764 g/mol. The van der Waals surface area contributed by atoms with Crippen LogP contribution in [0.4, 0.5) is 11.4 Å². The molecule has 3 aromatic heterocycles. The van der Waals surface area contributed by atoms with Gasteiger partial charge in [-0.25, -0.2) is 0 Å². The number of benzene rings is 2. The molecule has 0 saturated carbocycles. The van der Waals surface area contributed by atoms with Gasteiger partial charge in [0.05, 0.1) is 24.0 Å². The zero-order valence-electron chi connectivity index (χ0n) is 31.7. The Kier molecular flexibility index (Phi) is 9.89. The number of pyridine rings is 2. The van der Waals surface area contributed by atoms with Crippen molar-refractivity contribution in [1.82, 2.24) is 35.8 Å². The van der Waals surface area contributed by atoms with E-state index in [9.17, 15) is 24.0 Å². The molecule has 5 aromatic rings. The van der Waals surface area contributed by atoms with E-state index in [0.717, 1.165) is 39.0 Å².